The Labute approximate surface area is 235 Å². The van der Waals surface area contributed by atoms with Crippen LogP contribution >= 0.6 is 22.6 Å². The van der Waals surface area contributed by atoms with Crippen LogP contribution < -0.4 is 25.5 Å². The van der Waals surface area contributed by atoms with Crippen LogP contribution in [0.25, 0.3) is 0 Å². The molecule has 3 rings (SSSR count). The quantitative estimate of drug-likeness (QED) is 0.143. The fourth-order valence-corrected chi connectivity index (χ4v) is 4.13. The summed E-state index contributed by atoms with van der Waals surface area (Å²) in [6.45, 7) is 5.92. The van der Waals surface area contributed by atoms with E-state index in [1.165, 1.54) is 13.3 Å². The van der Waals surface area contributed by atoms with Crippen LogP contribution in [0.3, 0.4) is 0 Å². The lowest BCUT2D eigenvalue weighted by Crippen LogP contribution is -2.37. The number of anilines is 1. The van der Waals surface area contributed by atoms with Gasteiger partial charge in [0.25, 0.3) is 5.91 Å². The van der Waals surface area contributed by atoms with E-state index in [9.17, 15) is 14.4 Å². The van der Waals surface area contributed by atoms with Crippen molar-refractivity contribution in [2.45, 2.75) is 27.3 Å². The lowest BCUT2D eigenvalue weighted by molar-refractivity contribution is -0.139. The van der Waals surface area contributed by atoms with Gasteiger partial charge in [-0.3, -0.25) is 14.4 Å². The van der Waals surface area contributed by atoms with Gasteiger partial charge in [-0.05, 0) is 83.8 Å². The summed E-state index contributed by atoms with van der Waals surface area (Å²) >= 11 is 2.06. The van der Waals surface area contributed by atoms with E-state index in [2.05, 4.69) is 43.8 Å². The van der Waals surface area contributed by atoms with Gasteiger partial charge in [-0.15, -0.1) is 0 Å². The lowest BCUT2D eigenvalue weighted by Gasteiger charge is -2.14. The van der Waals surface area contributed by atoms with Crippen LogP contribution in [0.15, 0.2) is 59.7 Å². The zero-order valence-corrected chi connectivity index (χ0v) is 23.7. The van der Waals surface area contributed by atoms with Crippen LogP contribution in [0.1, 0.15) is 27.8 Å². The van der Waals surface area contributed by atoms with Crippen LogP contribution in [-0.4, -0.2) is 37.7 Å². The van der Waals surface area contributed by atoms with Crippen LogP contribution in [-0.2, 0) is 20.9 Å². The molecule has 3 amide bonds. The molecule has 0 aromatic heterocycles. The Morgan fingerprint density at radius 2 is 1.74 bits per heavy atom. The molecule has 198 valence electrons. The summed E-state index contributed by atoms with van der Waals surface area (Å²) in [5.41, 5.74) is 7.60. The minimum atomic E-state index is -0.884. The molecular formula is C28H29IN4O5. The number of benzene rings is 3. The second kappa shape index (κ2) is 13.6. The minimum Gasteiger partial charge on any atom is -0.493 e. The van der Waals surface area contributed by atoms with Crippen LogP contribution in [0, 0.1) is 24.3 Å². The van der Waals surface area contributed by atoms with Crippen molar-refractivity contribution in [3.8, 4) is 11.5 Å². The molecule has 0 fully saturated rings. The summed E-state index contributed by atoms with van der Waals surface area (Å²) in [7, 11) is 1.48. The van der Waals surface area contributed by atoms with Crippen molar-refractivity contribution in [1.29, 1.82) is 0 Å². The molecule has 9 nitrogen and oxygen atoms in total. The van der Waals surface area contributed by atoms with Crippen LogP contribution in [0.5, 0.6) is 11.5 Å². The minimum absolute atomic E-state index is 0.207. The molecule has 0 aliphatic carbocycles. The van der Waals surface area contributed by atoms with E-state index in [4.69, 9.17) is 9.47 Å². The molecule has 3 N–H and O–H groups in total. The Kier molecular flexibility index (Phi) is 10.2. The zero-order valence-electron chi connectivity index (χ0n) is 21.6. The normalized spacial score (nSPS) is 10.7. The maximum Gasteiger partial charge on any atom is 0.329 e. The fraction of sp³-hybridized carbons (Fsp3) is 0.214. The maximum atomic E-state index is 12.5. The van der Waals surface area contributed by atoms with Gasteiger partial charge < -0.3 is 20.1 Å². The first-order valence-corrected chi connectivity index (χ1v) is 12.8. The molecule has 0 saturated carbocycles. The van der Waals surface area contributed by atoms with Crippen molar-refractivity contribution in [3.63, 3.8) is 0 Å². The summed E-state index contributed by atoms with van der Waals surface area (Å²) in [6.07, 6.45) is 1.38. The van der Waals surface area contributed by atoms with E-state index < -0.39 is 11.8 Å². The van der Waals surface area contributed by atoms with E-state index in [0.29, 0.717) is 20.6 Å². The number of ether oxygens (including phenoxy) is 2. The zero-order chi connectivity index (χ0) is 27.7. The number of nitrogens with zero attached hydrogens (tertiary/aromatic N) is 1. The van der Waals surface area contributed by atoms with Gasteiger partial charge in [-0.25, -0.2) is 5.43 Å². The highest BCUT2D eigenvalue weighted by Gasteiger charge is 2.15. The van der Waals surface area contributed by atoms with Gasteiger partial charge in [-0.1, -0.05) is 42.0 Å². The second-order valence-corrected chi connectivity index (χ2v) is 9.65. The SMILES string of the molecule is COc1cc(/C=N\NC(=O)C(=O)NCc2ccc(C)cc2)cc(I)c1OCC(=O)Nc1cccc(C)c1C. The number of carbonyl (C=O) groups excluding carboxylic acids is 3. The average Bonchev–Trinajstić information content (AvgIpc) is 2.89. The molecule has 10 heteroatoms. The number of nitrogens with one attached hydrogen (secondary N) is 3. The van der Waals surface area contributed by atoms with Crippen molar-refractivity contribution >= 4 is 52.2 Å². The van der Waals surface area contributed by atoms with E-state index in [-0.39, 0.29) is 19.1 Å². The van der Waals surface area contributed by atoms with Gasteiger partial charge in [0.05, 0.1) is 16.9 Å². The van der Waals surface area contributed by atoms with Gasteiger partial charge in [0.15, 0.2) is 18.1 Å². The Morgan fingerprint density at radius 1 is 1.00 bits per heavy atom. The summed E-state index contributed by atoms with van der Waals surface area (Å²) in [5.74, 6) is -1.19. The molecule has 0 unspecified atom stereocenters. The highest BCUT2D eigenvalue weighted by Crippen LogP contribution is 2.33. The Balaban J connectivity index is 1.55. The standard InChI is InChI=1S/C28H29IN4O5/c1-17-8-10-20(11-9-17)14-30-27(35)28(36)33-31-15-21-12-22(29)26(24(13-21)37-4)38-16-25(34)32-23-7-5-6-18(2)19(23)3/h5-13,15H,14,16H2,1-4H3,(H,30,35)(H,32,34)(H,33,36)/b31-15-. The largest absolute Gasteiger partial charge is 0.493 e. The summed E-state index contributed by atoms with van der Waals surface area (Å²) in [6, 6.07) is 16.7. The Morgan fingerprint density at radius 3 is 2.45 bits per heavy atom. The first-order chi connectivity index (χ1) is 18.2. The first-order valence-electron chi connectivity index (χ1n) is 11.7. The Bertz CT molecular complexity index is 1360. The third-order valence-electron chi connectivity index (χ3n) is 5.64. The predicted octanol–water partition coefficient (Wildman–Crippen LogP) is 4.01. The topological polar surface area (TPSA) is 118 Å². The fourth-order valence-electron chi connectivity index (χ4n) is 3.35. The van der Waals surface area contributed by atoms with Gasteiger partial charge in [-0.2, -0.15) is 5.10 Å². The molecule has 0 atom stereocenters. The number of halogens is 1. The van der Waals surface area contributed by atoms with Crippen molar-refractivity contribution in [2.75, 3.05) is 19.0 Å². The second-order valence-electron chi connectivity index (χ2n) is 8.49. The van der Waals surface area contributed by atoms with E-state index in [1.54, 1.807) is 12.1 Å². The number of carbonyl (C=O) groups is 3. The molecule has 0 saturated heterocycles. The molecule has 38 heavy (non-hydrogen) atoms. The van der Waals surface area contributed by atoms with Gasteiger partial charge in [0, 0.05) is 12.2 Å². The smallest absolute Gasteiger partial charge is 0.329 e. The molecule has 0 radical (unpaired) electrons. The lowest BCUT2D eigenvalue weighted by atomic mass is 10.1. The maximum absolute atomic E-state index is 12.5. The van der Waals surface area contributed by atoms with Gasteiger partial charge in [0.1, 0.15) is 0 Å². The summed E-state index contributed by atoms with van der Waals surface area (Å²) in [4.78, 5) is 36.5. The van der Waals surface area contributed by atoms with Crippen molar-refractivity contribution in [2.24, 2.45) is 5.10 Å². The van der Waals surface area contributed by atoms with Crippen molar-refractivity contribution in [3.05, 3.63) is 86.0 Å². The molecule has 3 aromatic rings. The highest BCUT2D eigenvalue weighted by atomic mass is 127. The van der Waals surface area contributed by atoms with Crippen molar-refractivity contribution in [1.82, 2.24) is 10.7 Å². The molecule has 0 heterocycles. The van der Waals surface area contributed by atoms with Gasteiger partial charge in [0.2, 0.25) is 0 Å². The third kappa shape index (κ3) is 8.04. The highest BCUT2D eigenvalue weighted by molar-refractivity contribution is 14.1. The van der Waals surface area contributed by atoms with Gasteiger partial charge >= 0.3 is 11.8 Å². The first kappa shape index (κ1) is 28.6. The monoisotopic (exact) mass is 628 g/mol. The number of hydrazone groups is 1. The molecule has 0 bridgehead atoms. The molecule has 0 aliphatic heterocycles. The number of hydrogen-bond acceptors (Lipinski definition) is 6. The van der Waals surface area contributed by atoms with Crippen LogP contribution in [0.2, 0.25) is 0 Å². The van der Waals surface area contributed by atoms with Crippen LogP contribution in [0.4, 0.5) is 5.69 Å². The average molecular weight is 628 g/mol. The number of amides is 3. The summed E-state index contributed by atoms with van der Waals surface area (Å²) in [5, 5.41) is 9.27. The number of aryl methyl sites for hydroxylation is 2. The number of methoxy groups -OCH3 is 1. The molecule has 0 spiro atoms. The third-order valence-corrected chi connectivity index (χ3v) is 6.44. The van der Waals surface area contributed by atoms with E-state index >= 15 is 0 Å². The van der Waals surface area contributed by atoms with Crippen molar-refractivity contribution < 1.29 is 23.9 Å². The Hall–Kier alpha value is -3.93. The van der Waals surface area contributed by atoms with E-state index in [1.807, 2.05) is 63.2 Å². The summed E-state index contributed by atoms with van der Waals surface area (Å²) < 4.78 is 11.8. The molecule has 3 aromatic carbocycles. The predicted molar refractivity (Wildman–Crippen MR) is 155 cm³/mol. The number of rotatable bonds is 9. The number of hydrogen-bond donors (Lipinski definition) is 3. The molecule has 0 aliphatic rings. The molecular weight excluding hydrogens is 599 g/mol. The van der Waals surface area contributed by atoms with E-state index in [0.717, 1.165) is 27.9 Å².